The topological polar surface area (TPSA) is 67.5 Å². The van der Waals surface area contributed by atoms with E-state index in [4.69, 9.17) is 0 Å². The molecule has 2 heterocycles. The molecule has 0 bridgehead atoms. The lowest BCUT2D eigenvalue weighted by atomic mass is 10.2. The quantitative estimate of drug-likeness (QED) is 0.467. The minimum Gasteiger partial charge on any atom is -0.277 e. The van der Waals surface area contributed by atoms with Crippen molar-refractivity contribution in [2.24, 2.45) is 5.10 Å². The van der Waals surface area contributed by atoms with Crippen LogP contribution in [0.15, 0.2) is 60.0 Å². The smallest absolute Gasteiger partial charge is 0.205 e. The molecule has 2 aromatic carbocycles. The summed E-state index contributed by atoms with van der Waals surface area (Å²) in [6, 6.07) is 13.7. The standard InChI is InChI=1S/C16H11FN6/c17-12-7-5-11(6-8-12)9-18-21-15-16-22-19-10-23(16)14-4-2-1-3-13(14)20-15/h1-10H,(H,20,21). The Hall–Kier alpha value is -3.35. The monoisotopic (exact) mass is 306 g/mol. The molecule has 112 valence electrons. The highest BCUT2D eigenvalue weighted by atomic mass is 19.1. The van der Waals surface area contributed by atoms with Crippen LogP contribution in [0.3, 0.4) is 0 Å². The van der Waals surface area contributed by atoms with Crippen molar-refractivity contribution in [3.63, 3.8) is 0 Å². The predicted molar refractivity (Wildman–Crippen MR) is 85.9 cm³/mol. The van der Waals surface area contributed by atoms with Crippen molar-refractivity contribution in [3.05, 3.63) is 66.2 Å². The second kappa shape index (κ2) is 5.45. The summed E-state index contributed by atoms with van der Waals surface area (Å²) in [5.41, 5.74) is 5.95. The SMILES string of the molecule is Fc1ccc(C=NNc2nc3ccccc3n3cnnc23)cc1. The van der Waals surface area contributed by atoms with Crippen LogP contribution in [0.1, 0.15) is 5.56 Å². The van der Waals surface area contributed by atoms with Crippen molar-refractivity contribution in [2.45, 2.75) is 0 Å². The van der Waals surface area contributed by atoms with Gasteiger partial charge in [0.15, 0.2) is 5.82 Å². The lowest BCUT2D eigenvalue weighted by molar-refractivity contribution is 0.628. The molecule has 0 fully saturated rings. The van der Waals surface area contributed by atoms with Gasteiger partial charge >= 0.3 is 0 Å². The van der Waals surface area contributed by atoms with E-state index >= 15 is 0 Å². The van der Waals surface area contributed by atoms with Gasteiger partial charge in [-0.3, -0.25) is 9.83 Å². The zero-order chi connectivity index (χ0) is 15.6. The van der Waals surface area contributed by atoms with Gasteiger partial charge in [-0.1, -0.05) is 24.3 Å². The summed E-state index contributed by atoms with van der Waals surface area (Å²) in [6.07, 6.45) is 3.22. The molecule has 4 rings (SSSR count). The minimum atomic E-state index is -0.281. The van der Waals surface area contributed by atoms with Crippen LogP contribution in [-0.2, 0) is 0 Å². The molecule has 0 aliphatic heterocycles. The second-order valence-electron chi connectivity index (χ2n) is 4.90. The molecule has 4 aromatic rings. The van der Waals surface area contributed by atoms with E-state index < -0.39 is 0 Å². The van der Waals surface area contributed by atoms with Crippen molar-refractivity contribution in [1.82, 2.24) is 19.6 Å². The van der Waals surface area contributed by atoms with Crippen LogP contribution in [0.4, 0.5) is 10.2 Å². The number of anilines is 1. The molecule has 1 N–H and O–H groups in total. The van der Waals surface area contributed by atoms with E-state index in [-0.39, 0.29) is 5.82 Å². The first-order valence-electron chi connectivity index (χ1n) is 6.94. The van der Waals surface area contributed by atoms with Crippen LogP contribution < -0.4 is 5.43 Å². The van der Waals surface area contributed by atoms with E-state index in [1.165, 1.54) is 12.1 Å². The van der Waals surface area contributed by atoms with Gasteiger partial charge in [0, 0.05) is 0 Å². The van der Waals surface area contributed by atoms with Crippen LogP contribution in [-0.4, -0.2) is 25.8 Å². The number of para-hydroxylation sites is 2. The Labute approximate surface area is 130 Å². The molecule has 23 heavy (non-hydrogen) atoms. The minimum absolute atomic E-state index is 0.281. The number of nitrogens with one attached hydrogen (secondary N) is 1. The van der Waals surface area contributed by atoms with Crippen molar-refractivity contribution in [2.75, 3.05) is 5.43 Å². The van der Waals surface area contributed by atoms with Gasteiger partial charge in [-0.05, 0) is 29.8 Å². The van der Waals surface area contributed by atoms with Crippen LogP contribution in [0.25, 0.3) is 16.7 Å². The van der Waals surface area contributed by atoms with E-state index in [1.54, 1.807) is 24.7 Å². The molecule has 2 aromatic heterocycles. The van der Waals surface area contributed by atoms with Gasteiger partial charge in [0.25, 0.3) is 0 Å². The van der Waals surface area contributed by atoms with Crippen LogP contribution in [0, 0.1) is 5.82 Å². The highest BCUT2D eigenvalue weighted by Gasteiger charge is 2.08. The third-order valence-corrected chi connectivity index (χ3v) is 3.39. The average Bonchev–Trinajstić information content (AvgIpc) is 3.07. The second-order valence-corrected chi connectivity index (χ2v) is 4.90. The highest BCUT2D eigenvalue weighted by Crippen LogP contribution is 2.19. The number of hydrogen-bond acceptors (Lipinski definition) is 5. The number of hydrogen-bond donors (Lipinski definition) is 1. The molecule has 0 spiro atoms. The maximum Gasteiger partial charge on any atom is 0.205 e. The fourth-order valence-corrected chi connectivity index (χ4v) is 2.30. The molecule has 0 saturated carbocycles. The summed E-state index contributed by atoms with van der Waals surface area (Å²) in [5, 5.41) is 12.1. The third kappa shape index (κ3) is 2.48. The number of rotatable bonds is 3. The summed E-state index contributed by atoms with van der Waals surface area (Å²) in [5.74, 6) is 0.219. The molecular formula is C16H11FN6. The summed E-state index contributed by atoms with van der Waals surface area (Å²) in [7, 11) is 0. The summed E-state index contributed by atoms with van der Waals surface area (Å²) >= 11 is 0. The van der Waals surface area contributed by atoms with Gasteiger partial charge in [-0.2, -0.15) is 5.10 Å². The maximum atomic E-state index is 12.9. The molecule has 7 heteroatoms. The van der Waals surface area contributed by atoms with E-state index in [0.29, 0.717) is 11.5 Å². The molecule has 0 aliphatic carbocycles. The molecule has 0 aliphatic rings. The van der Waals surface area contributed by atoms with Gasteiger partial charge in [-0.25, -0.2) is 9.37 Å². The molecular weight excluding hydrogens is 295 g/mol. The number of fused-ring (bicyclic) bond motifs is 3. The van der Waals surface area contributed by atoms with E-state index in [2.05, 4.69) is 25.7 Å². The van der Waals surface area contributed by atoms with Gasteiger partial charge in [0.1, 0.15) is 12.1 Å². The molecule has 0 radical (unpaired) electrons. The molecule has 0 amide bonds. The van der Waals surface area contributed by atoms with Gasteiger partial charge < -0.3 is 0 Å². The predicted octanol–water partition coefficient (Wildman–Crippen LogP) is 2.86. The van der Waals surface area contributed by atoms with E-state index in [0.717, 1.165) is 16.6 Å². The van der Waals surface area contributed by atoms with Crippen LogP contribution in [0.5, 0.6) is 0 Å². The Morgan fingerprint density at radius 1 is 1.09 bits per heavy atom. The van der Waals surface area contributed by atoms with Gasteiger partial charge in [-0.15, -0.1) is 10.2 Å². The zero-order valence-electron chi connectivity index (χ0n) is 11.9. The van der Waals surface area contributed by atoms with Crippen molar-refractivity contribution in [3.8, 4) is 0 Å². The first-order valence-corrected chi connectivity index (χ1v) is 6.94. The first kappa shape index (κ1) is 13.3. The van der Waals surface area contributed by atoms with E-state index in [9.17, 15) is 4.39 Å². The van der Waals surface area contributed by atoms with Gasteiger partial charge in [0.2, 0.25) is 5.65 Å². The third-order valence-electron chi connectivity index (χ3n) is 3.39. The summed E-state index contributed by atoms with van der Waals surface area (Å²) in [6.45, 7) is 0. The number of nitrogens with zero attached hydrogens (tertiary/aromatic N) is 5. The fourth-order valence-electron chi connectivity index (χ4n) is 2.30. The van der Waals surface area contributed by atoms with Crippen LogP contribution >= 0.6 is 0 Å². The molecule has 0 unspecified atom stereocenters. The Bertz CT molecular complexity index is 1010. The Morgan fingerprint density at radius 2 is 1.91 bits per heavy atom. The fraction of sp³-hybridized carbons (Fsp3) is 0. The van der Waals surface area contributed by atoms with Crippen molar-refractivity contribution >= 4 is 28.7 Å². The lowest BCUT2D eigenvalue weighted by Gasteiger charge is -2.05. The Morgan fingerprint density at radius 3 is 2.78 bits per heavy atom. The van der Waals surface area contributed by atoms with Gasteiger partial charge in [0.05, 0.1) is 17.2 Å². The maximum absolute atomic E-state index is 12.9. The summed E-state index contributed by atoms with van der Waals surface area (Å²) < 4.78 is 14.7. The normalized spacial score (nSPS) is 11.5. The molecule has 0 saturated heterocycles. The van der Waals surface area contributed by atoms with Crippen molar-refractivity contribution < 1.29 is 4.39 Å². The largest absolute Gasteiger partial charge is 0.277 e. The average molecular weight is 306 g/mol. The van der Waals surface area contributed by atoms with E-state index in [1.807, 2.05) is 28.7 Å². The van der Waals surface area contributed by atoms with Crippen LogP contribution in [0.2, 0.25) is 0 Å². The number of benzene rings is 2. The first-order chi connectivity index (χ1) is 11.3. The highest BCUT2D eigenvalue weighted by molar-refractivity contribution is 5.84. The molecule has 0 atom stereocenters. The zero-order valence-corrected chi connectivity index (χ0v) is 11.9. The Balaban J connectivity index is 1.70. The number of hydrazone groups is 1. The number of aromatic nitrogens is 4. The summed E-state index contributed by atoms with van der Waals surface area (Å²) in [4.78, 5) is 4.51. The Kier molecular flexibility index (Phi) is 3.16. The molecule has 6 nitrogen and oxygen atoms in total. The van der Waals surface area contributed by atoms with Crippen molar-refractivity contribution in [1.29, 1.82) is 0 Å². The lowest BCUT2D eigenvalue weighted by Crippen LogP contribution is -1.99. The number of halogens is 1.